The molecule has 0 aromatic carbocycles. The molecule has 1 aliphatic heterocycles. The van der Waals surface area contributed by atoms with Crippen LogP contribution in [0.1, 0.15) is 61.3 Å². The van der Waals surface area contributed by atoms with Crippen molar-refractivity contribution in [3.8, 4) is 0 Å². The van der Waals surface area contributed by atoms with Gasteiger partial charge in [0, 0.05) is 23.7 Å². The second kappa shape index (κ2) is 4.56. The highest BCUT2D eigenvalue weighted by Crippen LogP contribution is 2.36. The minimum absolute atomic E-state index is 0.0238. The Morgan fingerprint density at radius 3 is 2.22 bits per heavy atom. The van der Waals surface area contributed by atoms with Crippen LogP contribution in [-0.2, 0) is 4.84 Å². The van der Waals surface area contributed by atoms with Crippen LogP contribution in [0, 0.1) is 10.8 Å². The van der Waals surface area contributed by atoms with E-state index >= 15 is 0 Å². The maximum absolute atomic E-state index is 9.16. The maximum atomic E-state index is 9.16. The van der Waals surface area contributed by atoms with Gasteiger partial charge in [-0.3, -0.25) is 0 Å². The molecule has 0 spiro atoms. The van der Waals surface area contributed by atoms with Crippen LogP contribution >= 0.6 is 0 Å². The highest BCUT2D eigenvalue weighted by molar-refractivity contribution is 5.93. The minimum atomic E-state index is -0.391. The third kappa shape index (κ3) is 3.47. The van der Waals surface area contributed by atoms with Gasteiger partial charge in [-0.05, 0) is 6.92 Å². The summed E-state index contributed by atoms with van der Waals surface area (Å²) in [5.74, 6) is 0. The largest absolute Gasteiger partial charge is 0.411 e. The third-order valence-electron chi connectivity index (χ3n) is 3.31. The molecular formula is C14H26N2O2. The lowest BCUT2D eigenvalue weighted by Crippen LogP contribution is -2.35. The summed E-state index contributed by atoms with van der Waals surface area (Å²) in [6, 6.07) is 0. The molecule has 0 saturated carbocycles. The van der Waals surface area contributed by atoms with E-state index in [1.165, 1.54) is 0 Å². The Bertz CT molecular complexity index is 372. The van der Waals surface area contributed by atoms with Crippen molar-refractivity contribution >= 4 is 11.4 Å². The molecule has 0 aliphatic carbocycles. The van der Waals surface area contributed by atoms with E-state index < -0.39 is 5.60 Å². The first-order valence-corrected chi connectivity index (χ1v) is 6.45. The van der Waals surface area contributed by atoms with Gasteiger partial charge in [-0.2, -0.15) is 0 Å². The number of oxime groups is 2. The van der Waals surface area contributed by atoms with Crippen LogP contribution in [0.25, 0.3) is 0 Å². The normalized spacial score (nSPS) is 25.9. The highest BCUT2D eigenvalue weighted by Gasteiger charge is 2.41. The summed E-state index contributed by atoms with van der Waals surface area (Å²) in [6.45, 7) is 14.5. The van der Waals surface area contributed by atoms with Gasteiger partial charge in [0.05, 0.1) is 11.4 Å². The van der Waals surface area contributed by atoms with Gasteiger partial charge in [-0.1, -0.05) is 51.9 Å². The third-order valence-corrected chi connectivity index (χ3v) is 3.31. The van der Waals surface area contributed by atoms with E-state index in [1.54, 1.807) is 0 Å². The van der Waals surface area contributed by atoms with Crippen molar-refractivity contribution in [1.29, 1.82) is 0 Å². The summed E-state index contributed by atoms with van der Waals surface area (Å²) in [5.41, 5.74) is 1.28. The van der Waals surface area contributed by atoms with Crippen molar-refractivity contribution in [3.63, 3.8) is 0 Å². The molecule has 0 radical (unpaired) electrons. The number of nitrogens with zero attached hydrogens (tertiary/aromatic N) is 2. The molecule has 0 bridgehead atoms. The highest BCUT2D eigenvalue weighted by atomic mass is 16.7. The molecule has 1 rings (SSSR count). The first-order valence-electron chi connectivity index (χ1n) is 6.45. The fraction of sp³-hybridized carbons (Fsp3) is 0.857. The predicted molar refractivity (Wildman–Crippen MR) is 74.3 cm³/mol. The zero-order valence-corrected chi connectivity index (χ0v) is 12.7. The fourth-order valence-electron chi connectivity index (χ4n) is 1.89. The Hall–Kier alpha value is -1.06. The van der Waals surface area contributed by atoms with Crippen LogP contribution in [0.15, 0.2) is 10.3 Å². The van der Waals surface area contributed by atoms with Gasteiger partial charge in [-0.25, -0.2) is 0 Å². The van der Waals surface area contributed by atoms with Crippen LogP contribution in [0.2, 0.25) is 0 Å². The summed E-state index contributed by atoms with van der Waals surface area (Å²) in [7, 11) is 0. The average molecular weight is 254 g/mol. The molecule has 104 valence electrons. The molecule has 0 saturated heterocycles. The zero-order chi connectivity index (χ0) is 14.2. The van der Waals surface area contributed by atoms with Crippen LogP contribution in [-0.4, -0.2) is 22.2 Å². The van der Waals surface area contributed by atoms with E-state index in [2.05, 4.69) is 31.1 Å². The van der Waals surface area contributed by atoms with Gasteiger partial charge in [0.15, 0.2) is 0 Å². The van der Waals surface area contributed by atoms with E-state index in [4.69, 9.17) is 10.0 Å². The second-order valence-electron chi connectivity index (χ2n) is 7.48. The molecule has 18 heavy (non-hydrogen) atoms. The summed E-state index contributed by atoms with van der Waals surface area (Å²) in [4.78, 5) is 5.60. The lowest BCUT2D eigenvalue weighted by Gasteiger charge is -2.28. The molecular weight excluding hydrogens is 228 g/mol. The topological polar surface area (TPSA) is 54.2 Å². The van der Waals surface area contributed by atoms with E-state index in [9.17, 15) is 0 Å². The predicted octanol–water partition coefficient (Wildman–Crippen LogP) is 3.83. The van der Waals surface area contributed by atoms with Gasteiger partial charge in [0.1, 0.15) is 5.60 Å². The van der Waals surface area contributed by atoms with Gasteiger partial charge in [0.2, 0.25) is 0 Å². The zero-order valence-electron chi connectivity index (χ0n) is 12.7. The Labute approximate surface area is 110 Å². The molecule has 1 N–H and O–H groups in total. The van der Waals surface area contributed by atoms with Gasteiger partial charge >= 0.3 is 0 Å². The van der Waals surface area contributed by atoms with Crippen LogP contribution < -0.4 is 0 Å². The first kappa shape index (κ1) is 15.0. The summed E-state index contributed by atoms with van der Waals surface area (Å²) in [6.07, 6.45) is 1.38. The molecule has 1 heterocycles. The lowest BCUT2D eigenvalue weighted by molar-refractivity contribution is 0.000883. The van der Waals surface area contributed by atoms with Crippen molar-refractivity contribution in [2.45, 2.75) is 66.9 Å². The molecule has 1 aliphatic rings. The molecule has 1 unspecified atom stereocenters. The molecule has 0 aromatic rings. The monoisotopic (exact) mass is 254 g/mol. The first-order chi connectivity index (χ1) is 7.98. The smallest absolute Gasteiger partial charge is 0.145 e. The van der Waals surface area contributed by atoms with Gasteiger partial charge < -0.3 is 10.0 Å². The Morgan fingerprint density at radius 1 is 1.33 bits per heavy atom. The molecule has 4 heteroatoms. The maximum Gasteiger partial charge on any atom is 0.145 e. The van der Waals surface area contributed by atoms with Crippen LogP contribution in [0.3, 0.4) is 0 Å². The number of rotatable bonds is 2. The summed E-state index contributed by atoms with van der Waals surface area (Å²) in [5, 5.41) is 16.8. The standard InChI is InChI=1S/C14H26N2O2/c1-12(2,3)10(15-17)8-14(7)9-11(16-18-14)13(4,5)6/h17H,8-9H2,1-7H3/b15-10-. The summed E-state index contributed by atoms with van der Waals surface area (Å²) < 4.78 is 0. The van der Waals surface area contributed by atoms with E-state index in [1.807, 2.05) is 27.7 Å². The molecule has 1 atom stereocenters. The fourth-order valence-corrected chi connectivity index (χ4v) is 1.89. The van der Waals surface area contributed by atoms with Crippen molar-refractivity contribution in [2.75, 3.05) is 0 Å². The minimum Gasteiger partial charge on any atom is -0.411 e. The number of hydrogen-bond acceptors (Lipinski definition) is 4. The molecule has 4 nitrogen and oxygen atoms in total. The second-order valence-corrected chi connectivity index (χ2v) is 7.48. The van der Waals surface area contributed by atoms with E-state index in [0.29, 0.717) is 6.42 Å². The van der Waals surface area contributed by atoms with E-state index in [0.717, 1.165) is 17.8 Å². The Balaban J connectivity index is 2.77. The summed E-state index contributed by atoms with van der Waals surface area (Å²) >= 11 is 0. The van der Waals surface area contributed by atoms with Gasteiger partial charge in [0.25, 0.3) is 0 Å². The van der Waals surface area contributed by atoms with E-state index in [-0.39, 0.29) is 10.8 Å². The van der Waals surface area contributed by atoms with Crippen LogP contribution in [0.5, 0.6) is 0 Å². The van der Waals surface area contributed by atoms with Crippen LogP contribution in [0.4, 0.5) is 0 Å². The van der Waals surface area contributed by atoms with Crippen molar-refractivity contribution in [3.05, 3.63) is 0 Å². The van der Waals surface area contributed by atoms with Crippen molar-refractivity contribution in [1.82, 2.24) is 0 Å². The molecule has 0 fully saturated rings. The SMILES string of the molecule is CC1(C/C(=N/O)C(C)(C)C)CC(C(C)(C)C)=NO1. The molecule has 0 aromatic heterocycles. The Morgan fingerprint density at radius 2 is 1.89 bits per heavy atom. The average Bonchev–Trinajstić information content (AvgIpc) is 2.55. The van der Waals surface area contributed by atoms with Crippen molar-refractivity contribution in [2.24, 2.45) is 21.1 Å². The Kier molecular flexibility index (Phi) is 3.80. The molecule has 0 amide bonds. The lowest BCUT2D eigenvalue weighted by atomic mass is 9.78. The quantitative estimate of drug-likeness (QED) is 0.462. The van der Waals surface area contributed by atoms with Crippen molar-refractivity contribution < 1.29 is 10.0 Å². The van der Waals surface area contributed by atoms with Gasteiger partial charge in [-0.15, -0.1) is 0 Å². The number of hydrogen-bond donors (Lipinski definition) is 1.